The van der Waals surface area contributed by atoms with Gasteiger partial charge in [-0.25, -0.2) is 9.78 Å². The minimum atomic E-state index is -0.187. The SMILES string of the molecule is O=C(NCCc1cscn1)NCC1CCCC(O)C1. The molecule has 0 spiro atoms. The van der Waals surface area contributed by atoms with Gasteiger partial charge in [0.1, 0.15) is 0 Å². The van der Waals surface area contributed by atoms with E-state index in [4.69, 9.17) is 0 Å². The lowest BCUT2D eigenvalue weighted by atomic mass is 9.87. The van der Waals surface area contributed by atoms with Gasteiger partial charge >= 0.3 is 6.03 Å². The van der Waals surface area contributed by atoms with Crippen molar-refractivity contribution in [3.8, 4) is 0 Å². The number of hydrogen-bond donors (Lipinski definition) is 3. The molecule has 1 aliphatic rings. The lowest BCUT2D eigenvalue weighted by Crippen LogP contribution is -2.40. The Hall–Kier alpha value is -1.14. The first-order chi connectivity index (χ1) is 9.24. The number of rotatable bonds is 5. The van der Waals surface area contributed by atoms with Crippen molar-refractivity contribution in [2.75, 3.05) is 13.1 Å². The van der Waals surface area contributed by atoms with Crippen LogP contribution in [0.5, 0.6) is 0 Å². The molecule has 19 heavy (non-hydrogen) atoms. The van der Waals surface area contributed by atoms with E-state index in [-0.39, 0.29) is 12.1 Å². The van der Waals surface area contributed by atoms with E-state index in [2.05, 4.69) is 15.6 Å². The predicted molar refractivity (Wildman–Crippen MR) is 75.2 cm³/mol. The summed E-state index contributed by atoms with van der Waals surface area (Å²) in [6.07, 6.45) is 4.43. The first-order valence-corrected chi connectivity index (χ1v) is 7.75. The highest BCUT2D eigenvalue weighted by atomic mass is 32.1. The maximum Gasteiger partial charge on any atom is 0.314 e. The van der Waals surface area contributed by atoms with Gasteiger partial charge in [-0.15, -0.1) is 11.3 Å². The second kappa shape index (κ2) is 7.45. The molecule has 2 unspecified atom stereocenters. The summed E-state index contributed by atoms with van der Waals surface area (Å²) in [6, 6.07) is -0.129. The first-order valence-electron chi connectivity index (χ1n) is 6.81. The van der Waals surface area contributed by atoms with Gasteiger partial charge in [0.05, 0.1) is 17.3 Å². The number of aromatic nitrogens is 1. The van der Waals surface area contributed by atoms with E-state index in [1.54, 1.807) is 16.8 Å². The molecule has 1 aromatic heterocycles. The average molecular weight is 283 g/mol. The Morgan fingerprint density at radius 2 is 2.37 bits per heavy atom. The number of aliphatic hydroxyl groups is 1. The Balaban J connectivity index is 1.56. The van der Waals surface area contributed by atoms with Gasteiger partial charge in [-0.3, -0.25) is 0 Å². The molecule has 5 nitrogen and oxygen atoms in total. The highest BCUT2D eigenvalue weighted by molar-refractivity contribution is 7.07. The van der Waals surface area contributed by atoms with Crippen molar-refractivity contribution in [2.24, 2.45) is 5.92 Å². The molecule has 1 aromatic rings. The molecule has 1 saturated carbocycles. The van der Waals surface area contributed by atoms with Crippen LogP contribution >= 0.6 is 11.3 Å². The van der Waals surface area contributed by atoms with Crippen LogP contribution in [0, 0.1) is 5.92 Å². The van der Waals surface area contributed by atoms with E-state index in [9.17, 15) is 9.90 Å². The van der Waals surface area contributed by atoms with E-state index in [1.165, 1.54) is 0 Å². The van der Waals surface area contributed by atoms with Crippen molar-refractivity contribution in [1.29, 1.82) is 0 Å². The van der Waals surface area contributed by atoms with E-state index in [0.717, 1.165) is 37.8 Å². The van der Waals surface area contributed by atoms with Crippen LogP contribution in [0.3, 0.4) is 0 Å². The van der Waals surface area contributed by atoms with Crippen LogP contribution in [0.25, 0.3) is 0 Å². The van der Waals surface area contributed by atoms with Crippen molar-refractivity contribution in [3.63, 3.8) is 0 Å². The number of thiazole rings is 1. The summed E-state index contributed by atoms with van der Waals surface area (Å²) in [5.74, 6) is 0.410. The Kier molecular flexibility index (Phi) is 5.60. The van der Waals surface area contributed by atoms with E-state index < -0.39 is 0 Å². The third-order valence-electron chi connectivity index (χ3n) is 3.46. The van der Waals surface area contributed by atoms with Crippen molar-refractivity contribution in [1.82, 2.24) is 15.6 Å². The quantitative estimate of drug-likeness (QED) is 0.767. The number of amides is 2. The van der Waals surface area contributed by atoms with Gasteiger partial charge in [0.25, 0.3) is 0 Å². The van der Waals surface area contributed by atoms with Gasteiger partial charge in [0.15, 0.2) is 0 Å². The third-order valence-corrected chi connectivity index (χ3v) is 4.09. The second-order valence-corrected chi connectivity index (χ2v) is 5.77. The fraction of sp³-hybridized carbons (Fsp3) is 0.692. The number of carbonyl (C=O) groups excluding carboxylic acids is 1. The van der Waals surface area contributed by atoms with Crippen molar-refractivity contribution in [3.05, 3.63) is 16.6 Å². The molecule has 106 valence electrons. The largest absolute Gasteiger partial charge is 0.393 e. The van der Waals surface area contributed by atoms with E-state index in [0.29, 0.717) is 19.0 Å². The molecular weight excluding hydrogens is 262 g/mol. The third kappa shape index (κ3) is 5.16. The minimum absolute atomic E-state index is 0.129. The number of urea groups is 1. The zero-order valence-electron chi connectivity index (χ0n) is 11.0. The van der Waals surface area contributed by atoms with Gasteiger partial charge in [-0.1, -0.05) is 6.42 Å². The number of nitrogens with zero attached hydrogens (tertiary/aromatic N) is 1. The van der Waals surface area contributed by atoms with Gasteiger partial charge in [-0.2, -0.15) is 0 Å². The van der Waals surface area contributed by atoms with Crippen LogP contribution in [-0.4, -0.2) is 35.3 Å². The van der Waals surface area contributed by atoms with Crippen LogP contribution in [0.4, 0.5) is 4.79 Å². The topological polar surface area (TPSA) is 74.2 Å². The van der Waals surface area contributed by atoms with Crippen LogP contribution < -0.4 is 10.6 Å². The van der Waals surface area contributed by atoms with Crippen molar-refractivity contribution < 1.29 is 9.90 Å². The Morgan fingerprint density at radius 1 is 1.47 bits per heavy atom. The molecule has 1 heterocycles. The van der Waals surface area contributed by atoms with Crippen molar-refractivity contribution >= 4 is 17.4 Å². The summed E-state index contributed by atoms with van der Waals surface area (Å²) in [5, 5.41) is 17.2. The van der Waals surface area contributed by atoms with Crippen LogP contribution in [0.15, 0.2) is 10.9 Å². The molecule has 0 saturated heterocycles. The van der Waals surface area contributed by atoms with E-state index >= 15 is 0 Å². The monoisotopic (exact) mass is 283 g/mol. The number of aliphatic hydroxyl groups excluding tert-OH is 1. The molecule has 1 aliphatic carbocycles. The molecule has 0 aromatic carbocycles. The summed E-state index contributed by atoms with van der Waals surface area (Å²) in [5.41, 5.74) is 2.81. The number of carbonyl (C=O) groups is 1. The summed E-state index contributed by atoms with van der Waals surface area (Å²) >= 11 is 1.56. The Labute approximate surface area is 117 Å². The summed E-state index contributed by atoms with van der Waals surface area (Å²) in [6.45, 7) is 1.25. The Morgan fingerprint density at radius 3 is 3.11 bits per heavy atom. The van der Waals surface area contributed by atoms with Gasteiger partial charge in [0, 0.05) is 24.9 Å². The number of hydrogen-bond acceptors (Lipinski definition) is 4. The zero-order valence-corrected chi connectivity index (χ0v) is 11.8. The van der Waals surface area contributed by atoms with Gasteiger partial charge in [-0.05, 0) is 25.2 Å². The molecule has 2 atom stereocenters. The summed E-state index contributed by atoms with van der Waals surface area (Å²) in [4.78, 5) is 15.8. The lowest BCUT2D eigenvalue weighted by Gasteiger charge is -2.25. The zero-order chi connectivity index (χ0) is 13.5. The second-order valence-electron chi connectivity index (χ2n) is 5.05. The molecular formula is C13H21N3O2S. The lowest BCUT2D eigenvalue weighted by molar-refractivity contribution is 0.101. The smallest absolute Gasteiger partial charge is 0.314 e. The summed E-state index contributed by atoms with van der Waals surface area (Å²) in [7, 11) is 0. The predicted octanol–water partition coefficient (Wildman–Crippen LogP) is 1.54. The number of nitrogens with one attached hydrogen (secondary N) is 2. The van der Waals surface area contributed by atoms with Gasteiger partial charge < -0.3 is 15.7 Å². The first kappa shape index (κ1) is 14.3. The Bertz CT molecular complexity index is 383. The van der Waals surface area contributed by atoms with Crippen LogP contribution in [0.2, 0.25) is 0 Å². The van der Waals surface area contributed by atoms with Crippen LogP contribution in [0.1, 0.15) is 31.4 Å². The summed E-state index contributed by atoms with van der Waals surface area (Å²) < 4.78 is 0. The maximum absolute atomic E-state index is 11.6. The highest BCUT2D eigenvalue weighted by Crippen LogP contribution is 2.23. The molecule has 2 amide bonds. The maximum atomic E-state index is 11.6. The highest BCUT2D eigenvalue weighted by Gasteiger charge is 2.20. The van der Waals surface area contributed by atoms with Crippen LogP contribution in [-0.2, 0) is 6.42 Å². The van der Waals surface area contributed by atoms with Crippen molar-refractivity contribution in [2.45, 2.75) is 38.2 Å². The molecule has 6 heteroatoms. The fourth-order valence-electron chi connectivity index (χ4n) is 2.41. The fourth-order valence-corrected chi connectivity index (χ4v) is 3.01. The molecule has 1 fully saturated rings. The minimum Gasteiger partial charge on any atom is -0.393 e. The van der Waals surface area contributed by atoms with Gasteiger partial charge in [0.2, 0.25) is 0 Å². The molecule has 0 radical (unpaired) electrons. The normalized spacial score (nSPS) is 23.0. The standard InChI is InChI=1S/C13H21N3O2S/c17-12-3-1-2-10(6-12)7-15-13(18)14-5-4-11-8-19-9-16-11/h8-10,12,17H,1-7H2,(H2,14,15,18). The molecule has 3 N–H and O–H groups in total. The molecule has 2 rings (SSSR count). The average Bonchev–Trinajstić information content (AvgIpc) is 2.90. The molecule has 0 bridgehead atoms. The van der Waals surface area contributed by atoms with E-state index in [1.807, 2.05) is 5.38 Å². The molecule has 0 aliphatic heterocycles.